The summed E-state index contributed by atoms with van der Waals surface area (Å²) in [7, 11) is 0. The van der Waals surface area contributed by atoms with E-state index in [1.54, 1.807) is 6.20 Å². The van der Waals surface area contributed by atoms with Crippen molar-refractivity contribution < 1.29 is 0 Å². The van der Waals surface area contributed by atoms with E-state index in [9.17, 15) is 0 Å². The van der Waals surface area contributed by atoms with Crippen molar-refractivity contribution in [1.29, 1.82) is 0 Å². The zero-order chi connectivity index (χ0) is 12.5. The lowest BCUT2D eigenvalue weighted by Crippen LogP contribution is -2.31. The van der Waals surface area contributed by atoms with E-state index in [2.05, 4.69) is 50.5 Å². The van der Waals surface area contributed by atoms with Gasteiger partial charge in [0.05, 0.1) is 4.47 Å². The van der Waals surface area contributed by atoms with Crippen LogP contribution >= 0.6 is 15.9 Å². The van der Waals surface area contributed by atoms with E-state index in [4.69, 9.17) is 5.84 Å². The SMILES string of the molecule is CC1(C)CCCC1Nc1nc(NN)ncc1Br. The normalized spacial score (nSPS) is 22.5. The van der Waals surface area contributed by atoms with Gasteiger partial charge in [-0.3, -0.25) is 5.43 Å². The molecule has 0 aromatic carbocycles. The Labute approximate surface area is 110 Å². The first-order valence-electron chi connectivity index (χ1n) is 5.78. The topological polar surface area (TPSA) is 75.9 Å². The maximum Gasteiger partial charge on any atom is 0.239 e. The van der Waals surface area contributed by atoms with Gasteiger partial charge in [0.2, 0.25) is 5.95 Å². The van der Waals surface area contributed by atoms with Crippen LogP contribution in [0.1, 0.15) is 33.1 Å². The van der Waals surface area contributed by atoms with Crippen LogP contribution < -0.4 is 16.6 Å². The molecule has 2 rings (SSSR count). The van der Waals surface area contributed by atoms with Gasteiger partial charge in [-0.25, -0.2) is 10.8 Å². The van der Waals surface area contributed by atoms with Crippen molar-refractivity contribution in [3.05, 3.63) is 10.7 Å². The van der Waals surface area contributed by atoms with Crippen LogP contribution in [0.3, 0.4) is 0 Å². The zero-order valence-corrected chi connectivity index (χ0v) is 11.7. The number of aromatic nitrogens is 2. The Balaban J connectivity index is 2.18. The van der Waals surface area contributed by atoms with Crippen molar-refractivity contribution in [3.8, 4) is 0 Å². The lowest BCUT2D eigenvalue weighted by atomic mass is 9.87. The van der Waals surface area contributed by atoms with Gasteiger partial charge in [0.1, 0.15) is 5.82 Å². The van der Waals surface area contributed by atoms with Crippen LogP contribution in [-0.2, 0) is 0 Å². The lowest BCUT2D eigenvalue weighted by Gasteiger charge is -2.28. The van der Waals surface area contributed by atoms with Gasteiger partial charge in [0.15, 0.2) is 0 Å². The average molecular weight is 300 g/mol. The Hall–Kier alpha value is -0.880. The third-order valence-corrected chi connectivity index (χ3v) is 4.02. The number of nitrogens with one attached hydrogen (secondary N) is 2. The molecule has 0 saturated heterocycles. The first-order valence-corrected chi connectivity index (χ1v) is 6.58. The molecule has 1 fully saturated rings. The highest BCUT2D eigenvalue weighted by atomic mass is 79.9. The second-order valence-electron chi connectivity index (χ2n) is 5.11. The van der Waals surface area contributed by atoms with Crippen molar-refractivity contribution in [2.24, 2.45) is 11.3 Å². The van der Waals surface area contributed by atoms with Gasteiger partial charge in [-0.1, -0.05) is 20.3 Å². The van der Waals surface area contributed by atoms with Gasteiger partial charge in [-0.2, -0.15) is 4.98 Å². The van der Waals surface area contributed by atoms with Crippen molar-refractivity contribution in [3.63, 3.8) is 0 Å². The number of nitrogens with zero attached hydrogens (tertiary/aromatic N) is 2. The number of hydrogen-bond donors (Lipinski definition) is 3. The lowest BCUT2D eigenvalue weighted by molar-refractivity contribution is 0.349. The summed E-state index contributed by atoms with van der Waals surface area (Å²) in [5, 5.41) is 3.48. The fourth-order valence-corrected chi connectivity index (χ4v) is 2.60. The quantitative estimate of drug-likeness (QED) is 0.591. The monoisotopic (exact) mass is 299 g/mol. The smallest absolute Gasteiger partial charge is 0.239 e. The van der Waals surface area contributed by atoms with Gasteiger partial charge >= 0.3 is 0 Å². The van der Waals surface area contributed by atoms with Crippen LogP contribution in [0.2, 0.25) is 0 Å². The average Bonchev–Trinajstić information content (AvgIpc) is 2.61. The van der Waals surface area contributed by atoms with E-state index in [1.165, 1.54) is 19.3 Å². The Morgan fingerprint density at radius 2 is 2.29 bits per heavy atom. The number of halogens is 1. The van der Waals surface area contributed by atoms with E-state index in [-0.39, 0.29) is 0 Å². The number of hydrazine groups is 1. The predicted octanol–water partition coefficient (Wildman–Crippen LogP) is 2.52. The Bertz CT molecular complexity index is 407. The highest BCUT2D eigenvalue weighted by Gasteiger charge is 2.34. The molecule has 1 aliphatic carbocycles. The third kappa shape index (κ3) is 2.69. The third-order valence-electron chi connectivity index (χ3n) is 3.44. The molecule has 1 unspecified atom stereocenters. The minimum absolute atomic E-state index is 0.306. The summed E-state index contributed by atoms with van der Waals surface area (Å²) in [6.07, 6.45) is 5.38. The van der Waals surface area contributed by atoms with Crippen molar-refractivity contribution in [1.82, 2.24) is 9.97 Å². The molecule has 0 radical (unpaired) electrons. The molecule has 0 spiro atoms. The minimum atomic E-state index is 0.306. The van der Waals surface area contributed by atoms with Crippen molar-refractivity contribution in [2.45, 2.75) is 39.2 Å². The molecule has 1 atom stereocenters. The second-order valence-corrected chi connectivity index (χ2v) is 5.97. The molecule has 94 valence electrons. The van der Waals surface area contributed by atoms with Crippen LogP contribution in [0.25, 0.3) is 0 Å². The molecule has 1 heterocycles. The first-order chi connectivity index (χ1) is 8.03. The molecular formula is C11H18BrN5. The summed E-state index contributed by atoms with van der Waals surface area (Å²) in [6.45, 7) is 4.57. The van der Waals surface area contributed by atoms with Gasteiger partial charge < -0.3 is 5.32 Å². The number of nitrogen functional groups attached to an aromatic ring is 1. The fourth-order valence-electron chi connectivity index (χ4n) is 2.30. The van der Waals surface area contributed by atoms with E-state index < -0.39 is 0 Å². The van der Waals surface area contributed by atoms with Crippen molar-refractivity contribution in [2.75, 3.05) is 10.7 Å². The Morgan fingerprint density at radius 3 is 2.88 bits per heavy atom. The first kappa shape index (κ1) is 12.6. The van der Waals surface area contributed by atoms with Crippen LogP contribution in [0.5, 0.6) is 0 Å². The Morgan fingerprint density at radius 1 is 1.53 bits per heavy atom. The summed E-state index contributed by atoms with van der Waals surface area (Å²) in [5.41, 5.74) is 2.76. The van der Waals surface area contributed by atoms with Gasteiger partial charge in [0.25, 0.3) is 0 Å². The molecular weight excluding hydrogens is 282 g/mol. The molecule has 6 heteroatoms. The molecule has 0 aliphatic heterocycles. The molecule has 17 heavy (non-hydrogen) atoms. The molecule has 1 aromatic heterocycles. The van der Waals surface area contributed by atoms with E-state index in [0.717, 1.165) is 10.3 Å². The summed E-state index contributed by atoms with van der Waals surface area (Å²) >= 11 is 3.45. The molecule has 4 N–H and O–H groups in total. The van der Waals surface area contributed by atoms with Crippen molar-refractivity contribution >= 4 is 27.7 Å². The number of nitrogens with two attached hydrogens (primary N) is 1. The minimum Gasteiger partial charge on any atom is -0.366 e. The fraction of sp³-hybridized carbons (Fsp3) is 0.636. The van der Waals surface area contributed by atoms with E-state index >= 15 is 0 Å². The van der Waals surface area contributed by atoms with Gasteiger partial charge in [-0.15, -0.1) is 0 Å². The van der Waals surface area contributed by atoms with E-state index in [0.29, 0.717) is 17.4 Å². The van der Waals surface area contributed by atoms with E-state index in [1.807, 2.05) is 0 Å². The van der Waals surface area contributed by atoms with Crippen LogP contribution in [0.4, 0.5) is 11.8 Å². The molecule has 0 bridgehead atoms. The summed E-state index contributed by atoms with van der Waals surface area (Å²) in [5.74, 6) is 6.53. The number of rotatable bonds is 3. The number of anilines is 2. The molecule has 1 aliphatic rings. The van der Waals surface area contributed by atoms with Crippen LogP contribution in [-0.4, -0.2) is 16.0 Å². The second kappa shape index (κ2) is 4.78. The summed E-state index contributed by atoms with van der Waals surface area (Å²) < 4.78 is 0.860. The Kier molecular flexibility index (Phi) is 3.53. The highest BCUT2D eigenvalue weighted by Crippen LogP contribution is 2.39. The maximum atomic E-state index is 5.31. The highest BCUT2D eigenvalue weighted by molar-refractivity contribution is 9.10. The molecule has 1 aromatic rings. The van der Waals surface area contributed by atoms with Crippen LogP contribution in [0.15, 0.2) is 10.7 Å². The standard InChI is InChI=1S/C11H18BrN5/c1-11(2)5-3-4-8(11)15-9-7(12)6-14-10(16-9)17-13/h6,8H,3-5,13H2,1-2H3,(H2,14,15,16,17). The molecule has 1 saturated carbocycles. The zero-order valence-electron chi connectivity index (χ0n) is 10.1. The summed E-state index contributed by atoms with van der Waals surface area (Å²) in [6, 6.07) is 0.444. The van der Waals surface area contributed by atoms with Gasteiger partial charge in [0, 0.05) is 12.2 Å². The van der Waals surface area contributed by atoms with Crippen LogP contribution in [0, 0.1) is 5.41 Å². The summed E-state index contributed by atoms with van der Waals surface area (Å²) in [4.78, 5) is 8.35. The van der Waals surface area contributed by atoms with Gasteiger partial charge in [-0.05, 0) is 34.2 Å². The molecule has 0 amide bonds. The number of hydrogen-bond acceptors (Lipinski definition) is 5. The maximum absolute atomic E-state index is 5.31. The largest absolute Gasteiger partial charge is 0.366 e. The molecule has 5 nitrogen and oxygen atoms in total. The predicted molar refractivity (Wildman–Crippen MR) is 72.6 cm³/mol.